The van der Waals surface area contributed by atoms with Crippen LogP contribution in [0.4, 0.5) is 11.4 Å². The van der Waals surface area contributed by atoms with E-state index in [4.69, 9.17) is 0 Å². The largest absolute Gasteiger partial charge is 0.508 e. The fourth-order valence-electron chi connectivity index (χ4n) is 2.87. The number of hydrogen-bond donors (Lipinski definition) is 1. The van der Waals surface area contributed by atoms with Crippen molar-refractivity contribution < 1.29 is 14.7 Å². The minimum atomic E-state index is -0.924. The summed E-state index contributed by atoms with van der Waals surface area (Å²) < 4.78 is 0. The molecule has 3 aromatic carbocycles. The molecule has 28 heavy (non-hydrogen) atoms. The predicted octanol–water partition coefficient (Wildman–Crippen LogP) is 4.41. The van der Waals surface area contributed by atoms with Gasteiger partial charge in [-0.1, -0.05) is 48.2 Å². The van der Waals surface area contributed by atoms with Crippen molar-refractivity contribution in [2.24, 2.45) is 4.99 Å². The van der Waals surface area contributed by atoms with Crippen LogP contribution in [0.3, 0.4) is 0 Å². The number of amides is 1. The average molecular weight is 388 g/mol. The van der Waals surface area contributed by atoms with Crippen LogP contribution in [-0.4, -0.2) is 27.2 Å². The van der Waals surface area contributed by atoms with E-state index in [1.165, 1.54) is 29.2 Å². The fraction of sp³-hybridized carbons (Fsp3) is 0.0455. The van der Waals surface area contributed by atoms with Crippen LogP contribution in [0.5, 0.6) is 5.75 Å². The second-order valence-corrected chi connectivity index (χ2v) is 7.22. The summed E-state index contributed by atoms with van der Waals surface area (Å²) >= 11 is 1.14. The van der Waals surface area contributed by atoms with Gasteiger partial charge in [0.25, 0.3) is 5.91 Å². The molecule has 138 valence electrons. The molecule has 1 fully saturated rings. The molecule has 4 rings (SSSR count). The number of ketones is 1. The molecule has 1 N–H and O–H groups in total. The van der Waals surface area contributed by atoms with Crippen molar-refractivity contribution in [1.29, 1.82) is 0 Å². The van der Waals surface area contributed by atoms with Crippen molar-refractivity contribution in [1.82, 2.24) is 0 Å². The van der Waals surface area contributed by atoms with Gasteiger partial charge < -0.3 is 5.11 Å². The van der Waals surface area contributed by atoms with Crippen molar-refractivity contribution in [2.45, 2.75) is 5.25 Å². The zero-order valence-electron chi connectivity index (χ0n) is 14.7. The first-order valence-electron chi connectivity index (χ1n) is 8.66. The number of phenolic OH excluding ortho intramolecular Hbond substituents is 1. The Labute approximate surface area is 166 Å². The van der Waals surface area contributed by atoms with E-state index in [-0.39, 0.29) is 17.4 Å². The number of carbonyl (C=O) groups excluding carboxylic acids is 2. The van der Waals surface area contributed by atoms with Crippen molar-refractivity contribution >= 4 is 40.0 Å². The highest BCUT2D eigenvalue weighted by Crippen LogP contribution is 2.35. The molecule has 1 unspecified atom stereocenters. The number of anilines is 1. The first-order chi connectivity index (χ1) is 13.6. The quantitative estimate of drug-likeness (QED) is 0.531. The molecule has 1 heterocycles. The number of para-hydroxylation sites is 2. The Bertz CT molecular complexity index is 1030. The van der Waals surface area contributed by atoms with Gasteiger partial charge in [0.05, 0.1) is 11.4 Å². The van der Waals surface area contributed by atoms with Gasteiger partial charge in [-0.2, -0.15) is 0 Å². The Morgan fingerprint density at radius 3 is 2.14 bits per heavy atom. The Morgan fingerprint density at radius 2 is 1.50 bits per heavy atom. The number of carbonyl (C=O) groups is 2. The van der Waals surface area contributed by atoms with Crippen molar-refractivity contribution in [2.75, 3.05) is 4.90 Å². The van der Waals surface area contributed by atoms with Gasteiger partial charge in [-0.15, -0.1) is 0 Å². The molecule has 0 aromatic heterocycles. The first kappa shape index (κ1) is 18.0. The molecule has 3 aromatic rings. The van der Waals surface area contributed by atoms with Gasteiger partial charge >= 0.3 is 0 Å². The summed E-state index contributed by atoms with van der Waals surface area (Å²) in [5, 5.41) is 8.98. The maximum absolute atomic E-state index is 13.1. The maximum Gasteiger partial charge on any atom is 0.254 e. The highest BCUT2D eigenvalue weighted by Gasteiger charge is 2.43. The molecule has 1 atom stereocenters. The van der Waals surface area contributed by atoms with Crippen LogP contribution >= 0.6 is 11.8 Å². The maximum atomic E-state index is 13.1. The molecule has 1 amide bonds. The Kier molecular flexibility index (Phi) is 4.95. The average Bonchev–Trinajstić information content (AvgIpc) is 3.05. The lowest BCUT2D eigenvalue weighted by Gasteiger charge is -2.16. The standard InChI is InChI=1S/C22H16N2O3S/c25-18-13-11-15(12-14-18)19(26)20-21(27)24(17-9-5-2-6-10-17)22(28-20)23-16-7-3-1-4-8-16/h1-14,20,25H. The third-order valence-electron chi connectivity index (χ3n) is 4.24. The molecule has 1 aliphatic heterocycles. The summed E-state index contributed by atoms with van der Waals surface area (Å²) in [6, 6.07) is 24.4. The summed E-state index contributed by atoms with van der Waals surface area (Å²) in [6.45, 7) is 0. The van der Waals surface area contributed by atoms with Crippen LogP contribution in [0.25, 0.3) is 0 Å². The van der Waals surface area contributed by atoms with E-state index in [0.29, 0.717) is 22.1 Å². The summed E-state index contributed by atoms with van der Waals surface area (Å²) in [4.78, 5) is 32.2. The molecule has 0 saturated carbocycles. The van der Waals surface area contributed by atoms with Gasteiger partial charge in [0.1, 0.15) is 5.75 Å². The van der Waals surface area contributed by atoms with Crippen LogP contribution in [0.1, 0.15) is 10.4 Å². The lowest BCUT2D eigenvalue weighted by atomic mass is 10.1. The topological polar surface area (TPSA) is 70.0 Å². The monoisotopic (exact) mass is 388 g/mol. The lowest BCUT2D eigenvalue weighted by Crippen LogP contribution is -2.35. The number of thioether (sulfide) groups is 1. The number of benzene rings is 3. The van der Waals surface area contributed by atoms with E-state index in [2.05, 4.69) is 4.99 Å². The van der Waals surface area contributed by atoms with Crippen LogP contribution < -0.4 is 4.90 Å². The molecule has 0 radical (unpaired) electrons. The van der Waals surface area contributed by atoms with Gasteiger partial charge in [0, 0.05) is 5.56 Å². The third kappa shape index (κ3) is 3.54. The predicted molar refractivity (Wildman–Crippen MR) is 111 cm³/mol. The van der Waals surface area contributed by atoms with E-state index in [9.17, 15) is 14.7 Å². The molecular weight excluding hydrogens is 372 g/mol. The molecule has 0 aliphatic carbocycles. The number of phenols is 1. The molecule has 5 nitrogen and oxygen atoms in total. The third-order valence-corrected chi connectivity index (χ3v) is 5.38. The molecule has 6 heteroatoms. The Morgan fingerprint density at radius 1 is 0.893 bits per heavy atom. The minimum Gasteiger partial charge on any atom is -0.508 e. The van der Waals surface area contributed by atoms with Gasteiger partial charge in [0.15, 0.2) is 16.2 Å². The van der Waals surface area contributed by atoms with Crippen LogP contribution in [-0.2, 0) is 4.79 Å². The molecule has 1 saturated heterocycles. The molecular formula is C22H16N2O3S. The number of aromatic hydroxyl groups is 1. The Hall–Kier alpha value is -3.38. The summed E-state index contributed by atoms with van der Waals surface area (Å²) in [5.41, 5.74) is 1.74. The highest BCUT2D eigenvalue weighted by molar-refractivity contribution is 8.16. The van der Waals surface area contributed by atoms with E-state index in [1.54, 1.807) is 0 Å². The van der Waals surface area contributed by atoms with E-state index in [1.807, 2.05) is 60.7 Å². The first-order valence-corrected chi connectivity index (χ1v) is 9.54. The normalized spacial score (nSPS) is 17.9. The van der Waals surface area contributed by atoms with Crippen molar-refractivity contribution in [3.8, 4) is 5.75 Å². The Balaban J connectivity index is 1.73. The van der Waals surface area contributed by atoms with Crippen LogP contribution in [0.2, 0.25) is 0 Å². The molecule has 0 spiro atoms. The summed E-state index contributed by atoms with van der Waals surface area (Å²) in [7, 11) is 0. The second kappa shape index (κ2) is 7.70. The smallest absolute Gasteiger partial charge is 0.254 e. The summed E-state index contributed by atoms with van der Waals surface area (Å²) in [5.74, 6) is -0.572. The number of hydrogen-bond acceptors (Lipinski definition) is 5. The zero-order valence-corrected chi connectivity index (χ0v) is 15.5. The van der Waals surface area contributed by atoms with Gasteiger partial charge in [-0.3, -0.25) is 14.5 Å². The lowest BCUT2D eigenvalue weighted by molar-refractivity contribution is -0.116. The highest BCUT2D eigenvalue weighted by atomic mass is 32.2. The number of nitrogens with zero attached hydrogens (tertiary/aromatic N) is 2. The molecule has 0 bridgehead atoms. The van der Waals surface area contributed by atoms with Crippen LogP contribution in [0, 0.1) is 0 Å². The van der Waals surface area contributed by atoms with Crippen LogP contribution in [0.15, 0.2) is 89.9 Å². The van der Waals surface area contributed by atoms with E-state index >= 15 is 0 Å². The number of Topliss-reactive ketones (excluding diaryl/α,β-unsaturated/α-hetero) is 1. The minimum absolute atomic E-state index is 0.0687. The fourth-order valence-corrected chi connectivity index (χ4v) is 3.99. The SMILES string of the molecule is O=C(c1ccc(O)cc1)C1SC(=Nc2ccccc2)N(c2ccccc2)C1=O. The zero-order chi connectivity index (χ0) is 19.5. The number of amidine groups is 1. The number of aliphatic imine (C=N–C) groups is 1. The van der Waals surface area contributed by atoms with E-state index < -0.39 is 5.25 Å². The molecule has 1 aliphatic rings. The summed E-state index contributed by atoms with van der Waals surface area (Å²) in [6.07, 6.45) is 0. The van der Waals surface area contributed by atoms with E-state index in [0.717, 1.165) is 11.8 Å². The van der Waals surface area contributed by atoms with Crippen molar-refractivity contribution in [3.63, 3.8) is 0 Å². The number of rotatable bonds is 4. The van der Waals surface area contributed by atoms with Gasteiger partial charge in [-0.05, 0) is 48.5 Å². The second-order valence-electron chi connectivity index (χ2n) is 6.15. The van der Waals surface area contributed by atoms with Gasteiger partial charge in [0.2, 0.25) is 0 Å². The van der Waals surface area contributed by atoms with Crippen molar-refractivity contribution in [3.05, 3.63) is 90.5 Å². The van der Waals surface area contributed by atoms with Gasteiger partial charge in [-0.25, -0.2) is 4.99 Å².